The van der Waals surface area contributed by atoms with Crippen LogP contribution in [0.4, 0.5) is 22.7 Å². The van der Waals surface area contributed by atoms with E-state index in [0.29, 0.717) is 0 Å². The summed E-state index contributed by atoms with van der Waals surface area (Å²) < 4.78 is 0. The Morgan fingerprint density at radius 2 is 0.455 bits per heavy atom. The van der Waals surface area contributed by atoms with E-state index in [1.165, 1.54) is 66.1 Å². The third-order valence-corrected chi connectivity index (χ3v) is 12.8. The van der Waals surface area contributed by atoms with Gasteiger partial charge in [0.15, 0.2) is 0 Å². The maximum Gasteiger partial charge on any atom is 0.0712 e. The lowest BCUT2D eigenvalue weighted by Crippen LogP contribution is -2.27. The minimum absolute atomic E-state index is 0.106. The summed E-state index contributed by atoms with van der Waals surface area (Å²) in [5.41, 5.74) is 14.3. The lowest BCUT2D eigenvalue weighted by atomic mass is 9.85. The predicted octanol–water partition coefficient (Wildman–Crippen LogP) is 17.0. The monoisotopic (exact) mass is 844 g/mol. The topological polar surface area (TPSA) is 6.48 Å². The van der Waals surface area contributed by atoms with Gasteiger partial charge in [-0.15, -0.1) is 0 Å². The first kappa shape index (κ1) is 40.3. The number of anilines is 4. The number of para-hydroxylation sites is 2. The van der Waals surface area contributed by atoms with Crippen LogP contribution in [-0.4, -0.2) is 12.1 Å². The predicted molar refractivity (Wildman–Crippen MR) is 283 cm³/mol. The smallest absolute Gasteiger partial charge is 0.0712 e. The molecule has 0 spiro atoms. The van der Waals surface area contributed by atoms with Crippen LogP contribution < -0.4 is 9.80 Å². The second-order valence-electron chi connectivity index (χ2n) is 16.8. The summed E-state index contributed by atoms with van der Waals surface area (Å²) in [6, 6.07) is 75.5. The van der Waals surface area contributed by atoms with Crippen LogP contribution in [-0.2, 0) is 0 Å². The van der Waals surface area contributed by atoms with Crippen molar-refractivity contribution in [1.29, 1.82) is 0 Å². The van der Waals surface area contributed by atoms with Crippen molar-refractivity contribution in [3.63, 3.8) is 0 Å². The van der Waals surface area contributed by atoms with Crippen molar-refractivity contribution in [2.24, 2.45) is 0 Å². The Morgan fingerprint density at radius 3 is 0.758 bits per heavy atom. The van der Waals surface area contributed by atoms with Gasteiger partial charge < -0.3 is 9.80 Å². The van der Waals surface area contributed by atoms with E-state index in [1.54, 1.807) is 0 Å². The molecule has 0 amide bonds. The molecule has 0 heterocycles. The Bertz CT molecular complexity index is 3000. The van der Waals surface area contributed by atoms with Gasteiger partial charge in [0, 0.05) is 22.7 Å². The molecule has 66 heavy (non-hydrogen) atoms. The average Bonchev–Trinajstić information content (AvgIpc) is 3.83. The molecule has 2 heteroatoms. The van der Waals surface area contributed by atoms with Crippen molar-refractivity contribution in [2.75, 3.05) is 9.80 Å². The molecule has 0 saturated carbocycles. The molecule has 314 valence electrons. The second-order valence-corrected chi connectivity index (χ2v) is 16.8. The molecule has 0 fully saturated rings. The maximum absolute atomic E-state index is 2.38. The van der Waals surface area contributed by atoms with Crippen LogP contribution in [0, 0.1) is 0 Å². The van der Waals surface area contributed by atoms with Gasteiger partial charge in [-0.25, -0.2) is 0 Å². The summed E-state index contributed by atoms with van der Waals surface area (Å²) >= 11 is 0. The Kier molecular flexibility index (Phi) is 11.2. The summed E-state index contributed by atoms with van der Waals surface area (Å²) in [6.45, 7) is 0. The number of fused-ring (bicyclic) bond motifs is 2. The fraction of sp³-hybridized carbons (Fsp3) is 0.0312. The highest BCUT2D eigenvalue weighted by Gasteiger charge is 2.20. The van der Waals surface area contributed by atoms with E-state index in [2.05, 4.69) is 289 Å². The highest BCUT2D eigenvalue weighted by molar-refractivity contribution is 6.21. The summed E-state index contributed by atoms with van der Waals surface area (Å²) in [5.74, 6) is 0. The van der Waals surface area contributed by atoms with Crippen molar-refractivity contribution in [3.05, 3.63) is 279 Å². The fourth-order valence-electron chi connectivity index (χ4n) is 9.64. The SMILES string of the molecule is C1=CC=CC(N(c2ccccc2)c2ccc(-c3ccc(-c4c5ccccc5c(-c5ccc(-c6ccc(N(c7ccccc7)C7C=CC=CC=C7)cc6)cc5)c5ccccc45)cc3)cc2)C=C1. The highest BCUT2D eigenvalue weighted by Crippen LogP contribution is 2.44. The van der Waals surface area contributed by atoms with Crippen LogP contribution in [0.2, 0.25) is 0 Å². The Morgan fingerprint density at radius 1 is 0.212 bits per heavy atom. The van der Waals surface area contributed by atoms with Gasteiger partial charge in [-0.3, -0.25) is 0 Å². The van der Waals surface area contributed by atoms with Crippen LogP contribution in [0.1, 0.15) is 0 Å². The fourth-order valence-corrected chi connectivity index (χ4v) is 9.64. The van der Waals surface area contributed by atoms with Gasteiger partial charge in [-0.05, 0) is 115 Å². The molecule has 0 atom stereocenters. The molecule has 0 aliphatic heterocycles. The molecule has 0 saturated heterocycles. The zero-order chi connectivity index (χ0) is 44.1. The van der Waals surface area contributed by atoms with E-state index in [9.17, 15) is 0 Å². The molecule has 2 nitrogen and oxygen atoms in total. The standard InChI is InChI=1S/C64H48N2/c1-2-8-20-53(19-7-1)65(55-23-11-5-12-24-55)57-43-39-49(40-44-57)47-31-35-51(36-32-47)63-59-27-15-17-29-61(59)64(62-30-18-16-28-60(62)63)52-37-33-48(34-38-52)50-41-45-58(46-42-50)66(56-25-13-6-14-26-56)54-21-9-3-4-10-22-54/h1-46,53-54H. The van der Waals surface area contributed by atoms with Crippen molar-refractivity contribution >= 4 is 44.3 Å². The number of hydrogen-bond acceptors (Lipinski definition) is 2. The minimum Gasteiger partial charge on any atom is -0.331 e. The highest BCUT2D eigenvalue weighted by atomic mass is 15.2. The molecule has 2 aliphatic rings. The van der Waals surface area contributed by atoms with E-state index in [-0.39, 0.29) is 12.1 Å². The van der Waals surface area contributed by atoms with E-state index in [1.807, 2.05) is 0 Å². The average molecular weight is 845 g/mol. The Labute approximate surface area is 388 Å². The third-order valence-electron chi connectivity index (χ3n) is 12.8. The quantitative estimate of drug-likeness (QED) is 0.127. The Hall–Kier alpha value is -8.46. The summed E-state index contributed by atoms with van der Waals surface area (Å²) in [6.07, 6.45) is 25.8. The van der Waals surface area contributed by atoms with Gasteiger partial charge in [0.25, 0.3) is 0 Å². The van der Waals surface area contributed by atoms with Gasteiger partial charge in [0.2, 0.25) is 0 Å². The minimum atomic E-state index is 0.106. The maximum atomic E-state index is 2.38. The Balaban J connectivity index is 0.895. The van der Waals surface area contributed by atoms with Gasteiger partial charge in [-0.1, -0.05) is 231 Å². The number of hydrogen-bond donors (Lipinski definition) is 0. The molecule has 0 unspecified atom stereocenters. The largest absolute Gasteiger partial charge is 0.331 e. The molecule has 0 aromatic heterocycles. The molecule has 9 aromatic rings. The summed E-state index contributed by atoms with van der Waals surface area (Å²) in [4.78, 5) is 4.76. The van der Waals surface area contributed by atoms with Crippen LogP contribution in [0.25, 0.3) is 66.1 Å². The lowest BCUT2D eigenvalue weighted by molar-refractivity contribution is 0.944. The number of allylic oxidation sites excluding steroid dienone is 8. The zero-order valence-electron chi connectivity index (χ0n) is 36.6. The molecular weight excluding hydrogens is 797 g/mol. The summed E-state index contributed by atoms with van der Waals surface area (Å²) in [5, 5.41) is 4.99. The normalized spacial score (nSPS) is 13.6. The van der Waals surface area contributed by atoms with Gasteiger partial charge in [-0.2, -0.15) is 0 Å². The van der Waals surface area contributed by atoms with E-state index >= 15 is 0 Å². The van der Waals surface area contributed by atoms with Crippen molar-refractivity contribution in [1.82, 2.24) is 0 Å². The molecule has 0 bridgehead atoms. The molecular formula is C64H48N2. The van der Waals surface area contributed by atoms with Crippen LogP contribution >= 0.6 is 0 Å². The first-order valence-electron chi connectivity index (χ1n) is 22.8. The van der Waals surface area contributed by atoms with Gasteiger partial charge >= 0.3 is 0 Å². The van der Waals surface area contributed by atoms with Crippen molar-refractivity contribution in [2.45, 2.75) is 12.1 Å². The van der Waals surface area contributed by atoms with Crippen LogP contribution in [0.3, 0.4) is 0 Å². The lowest BCUT2D eigenvalue weighted by Gasteiger charge is -2.30. The first-order chi connectivity index (χ1) is 32.8. The van der Waals surface area contributed by atoms with Crippen LogP contribution in [0.15, 0.2) is 279 Å². The van der Waals surface area contributed by atoms with Gasteiger partial charge in [0.05, 0.1) is 12.1 Å². The third kappa shape index (κ3) is 8.02. The molecule has 11 rings (SSSR count). The number of nitrogens with zero attached hydrogens (tertiary/aromatic N) is 2. The number of rotatable bonds is 10. The molecule has 2 aliphatic carbocycles. The van der Waals surface area contributed by atoms with E-state index in [4.69, 9.17) is 0 Å². The molecule has 0 radical (unpaired) electrons. The molecule has 0 N–H and O–H groups in total. The van der Waals surface area contributed by atoms with Crippen molar-refractivity contribution in [3.8, 4) is 44.5 Å². The number of benzene rings is 9. The second kappa shape index (κ2) is 18.3. The summed E-state index contributed by atoms with van der Waals surface area (Å²) in [7, 11) is 0. The molecule has 9 aromatic carbocycles. The van der Waals surface area contributed by atoms with Crippen molar-refractivity contribution < 1.29 is 0 Å². The van der Waals surface area contributed by atoms with E-state index < -0.39 is 0 Å². The first-order valence-corrected chi connectivity index (χ1v) is 22.8. The van der Waals surface area contributed by atoms with Gasteiger partial charge in [0.1, 0.15) is 0 Å². The zero-order valence-corrected chi connectivity index (χ0v) is 36.6. The van der Waals surface area contributed by atoms with E-state index in [0.717, 1.165) is 22.7 Å². The van der Waals surface area contributed by atoms with Crippen LogP contribution in [0.5, 0.6) is 0 Å².